The smallest absolute Gasteiger partial charge is 0.304 e. The zero-order valence-corrected chi connectivity index (χ0v) is 10.4. The van der Waals surface area contributed by atoms with Gasteiger partial charge in [0.15, 0.2) is 0 Å². The molecule has 92 valence electrons. The van der Waals surface area contributed by atoms with E-state index in [1.807, 2.05) is 6.92 Å². The van der Waals surface area contributed by atoms with Crippen LogP contribution in [0.3, 0.4) is 0 Å². The fourth-order valence-electron chi connectivity index (χ4n) is 0.738. The van der Waals surface area contributed by atoms with Gasteiger partial charge in [-0.05, 0) is 17.9 Å². The lowest BCUT2D eigenvalue weighted by atomic mass is 10.3. The normalized spacial score (nSPS) is 10.4. The van der Waals surface area contributed by atoms with Crippen LogP contribution >= 0.6 is 11.3 Å². The highest BCUT2D eigenvalue weighted by Gasteiger charge is 2.08. The first-order valence-corrected chi connectivity index (χ1v) is 6.92. The molecule has 0 saturated carbocycles. The molecule has 0 amide bonds. The Kier molecular flexibility index (Phi) is 6.95. The highest BCUT2D eigenvalue weighted by Crippen LogP contribution is 2.14. The zero-order chi connectivity index (χ0) is 12.6. The van der Waals surface area contributed by atoms with Crippen LogP contribution in [-0.4, -0.2) is 24.0 Å². The maximum absolute atomic E-state index is 10.3. The van der Waals surface area contributed by atoms with Crippen LogP contribution in [-0.2, 0) is 14.9 Å². The lowest BCUT2D eigenvalue weighted by Gasteiger charge is -1.85. The number of carboxylic acid groups (broad SMARTS) is 1. The second kappa shape index (κ2) is 7.37. The Labute approximate surface area is 98.5 Å². The molecular formula is C9H14O5S2. The molecule has 16 heavy (non-hydrogen) atoms. The maximum atomic E-state index is 10.3. The van der Waals surface area contributed by atoms with Crippen LogP contribution < -0.4 is 0 Å². The molecule has 1 aromatic rings. The third-order valence-corrected chi connectivity index (χ3v) is 3.72. The SMILES string of the molecule is CCCCC(=O)O.O=S(=O)(O)c1cccs1. The summed E-state index contributed by atoms with van der Waals surface area (Å²) in [5, 5.41) is 9.63. The van der Waals surface area contributed by atoms with Crippen molar-refractivity contribution in [2.75, 3.05) is 0 Å². The minimum atomic E-state index is -3.94. The highest BCUT2D eigenvalue weighted by molar-refractivity contribution is 7.88. The predicted molar refractivity (Wildman–Crippen MR) is 61.3 cm³/mol. The molecular weight excluding hydrogens is 252 g/mol. The first-order chi connectivity index (χ1) is 7.38. The van der Waals surface area contributed by atoms with Gasteiger partial charge in [-0.3, -0.25) is 9.35 Å². The van der Waals surface area contributed by atoms with Gasteiger partial charge in [0, 0.05) is 6.42 Å². The largest absolute Gasteiger partial charge is 0.481 e. The van der Waals surface area contributed by atoms with E-state index >= 15 is 0 Å². The fourth-order valence-corrected chi connectivity index (χ4v) is 2.09. The highest BCUT2D eigenvalue weighted by atomic mass is 32.3. The van der Waals surface area contributed by atoms with Gasteiger partial charge >= 0.3 is 16.1 Å². The van der Waals surface area contributed by atoms with Gasteiger partial charge in [0.1, 0.15) is 4.21 Å². The predicted octanol–water partition coefficient (Wildman–Crippen LogP) is 2.26. The Hall–Kier alpha value is -0.920. The van der Waals surface area contributed by atoms with Gasteiger partial charge in [0.25, 0.3) is 0 Å². The molecule has 0 radical (unpaired) electrons. The number of carbonyl (C=O) groups is 1. The van der Waals surface area contributed by atoms with Crippen molar-refractivity contribution in [3.8, 4) is 0 Å². The number of rotatable bonds is 4. The van der Waals surface area contributed by atoms with Crippen LogP contribution in [0.2, 0.25) is 0 Å². The summed E-state index contributed by atoms with van der Waals surface area (Å²) < 4.78 is 28.9. The minimum absolute atomic E-state index is 0.0116. The molecule has 0 aromatic carbocycles. The Morgan fingerprint density at radius 1 is 1.50 bits per heavy atom. The maximum Gasteiger partial charge on any atom is 0.304 e. The topological polar surface area (TPSA) is 91.7 Å². The fraction of sp³-hybridized carbons (Fsp3) is 0.444. The number of carboxylic acids is 1. The molecule has 0 fully saturated rings. The van der Waals surface area contributed by atoms with Gasteiger partial charge in [-0.1, -0.05) is 19.4 Å². The first kappa shape index (κ1) is 15.1. The molecule has 0 aliphatic rings. The Morgan fingerprint density at radius 2 is 2.12 bits per heavy atom. The third-order valence-electron chi connectivity index (χ3n) is 1.49. The van der Waals surface area contributed by atoms with E-state index < -0.39 is 16.1 Å². The van der Waals surface area contributed by atoms with Crippen LogP contribution in [0.1, 0.15) is 26.2 Å². The van der Waals surface area contributed by atoms with Crippen molar-refractivity contribution in [1.29, 1.82) is 0 Å². The average molecular weight is 266 g/mol. The Morgan fingerprint density at radius 3 is 2.31 bits per heavy atom. The van der Waals surface area contributed by atoms with Crippen molar-refractivity contribution in [1.82, 2.24) is 0 Å². The quantitative estimate of drug-likeness (QED) is 0.815. The van der Waals surface area contributed by atoms with Gasteiger partial charge in [0.2, 0.25) is 0 Å². The number of aliphatic carboxylic acids is 1. The molecule has 0 atom stereocenters. The summed E-state index contributed by atoms with van der Waals surface area (Å²) in [7, 11) is -3.94. The van der Waals surface area contributed by atoms with Crippen LogP contribution in [0.4, 0.5) is 0 Å². The molecule has 0 bridgehead atoms. The van der Waals surface area contributed by atoms with Crippen LogP contribution in [0.5, 0.6) is 0 Å². The van der Waals surface area contributed by atoms with E-state index in [1.54, 1.807) is 11.4 Å². The molecule has 1 aromatic heterocycles. The minimum Gasteiger partial charge on any atom is -0.481 e. The number of hydrogen-bond acceptors (Lipinski definition) is 4. The lowest BCUT2D eigenvalue weighted by molar-refractivity contribution is -0.137. The van der Waals surface area contributed by atoms with Crippen LogP contribution in [0, 0.1) is 0 Å². The van der Waals surface area contributed by atoms with Gasteiger partial charge in [-0.25, -0.2) is 0 Å². The molecule has 0 aliphatic carbocycles. The average Bonchev–Trinajstić information content (AvgIpc) is 2.67. The van der Waals surface area contributed by atoms with Crippen molar-refractivity contribution in [2.45, 2.75) is 30.4 Å². The molecule has 0 saturated heterocycles. The molecule has 5 nitrogen and oxygen atoms in total. The van der Waals surface area contributed by atoms with Gasteiger partial charge in [-0.15, -0.1) is 11.3 Å². The zero-order valence-electron chi connectivity index (χ0n) is 8.79. The van der Waals surface area contributed by atoms with Crippen LogP contribution in [0.15, 0.2) is 21.7 Å². The van der Waals surface area contributed by atoms with Gasteiger partial charge in [-0.2, -0.15) is 8.42 Å². The number of hydrogen-bond donors (Lipinski definition) is 2. The van der Waals surface area contributed by atoms with Crippen LogP contribution in [0.25, 0.3) is 0 Å². The van der Waals surface area contributed by atoms with E-state index in [2.05, 4.69) is 0 Å². The van der Waals surface area contributed by atoms with Crippen molar-refractivity contribution >= 4 is 27.4 Å². The second-order valence-electron chi connectivity index (χ2n) is 2.90. The van der Waals surface area contributed by atoms with E-state index in [-0.39, 0.29) is 4.21 Å². The van der Waals surface area contributed by atoms with Gasteiger partial charge < -0.3 is 5.11 Å². The van der Waals surface area contributed by atoms with E-state index in [0.29, 0.717) is 6.42 Å². The van der Waals surface area contributed by atoms with Crippen molar-refractivity contribution in [2.24, 2.45) is 0 Å². The Bertz CT molecular complexity index is 394. The second-order valence-corrected chi connectivity index (χ2v) is 5.50. The number of thiophene rings is 1. The molecule has 2 N–H and O–H groups in total. The van der Waals surface area contributed by atoms with Gasteiger partial charge in [0.05, 0.1) is 0 Å². The summed E-state index contributed by atoms with van der Waals surface area (Å²) in [6.45, 7) is 1.98. The van der Waals surface area contributed by atoms with Crippen molar-refractivity contribution in [3.63, 3.8) is 0 Å². The summed E-state index contributed by atoms with van der Waals surface area (Å²) in [5.74, 6) is -0.693. The number of unbranched alkanes of at least 4 members (excludes halogenated alkanes) is 1. The standard InChI is InChI=1S/C5H10O2.C4H4O3S2/c1-2-3-4-5(6)7;5-9(6,7)4-2-1-3-8-4/h2-4H2,1H3,(H,6,7);1-3H,(H,5,6,7). The lowest BCUT2D eigenvalue weighted by Crippen LogP contribution is -1.92. The van der Waals surface area contributed by atoms with E-state index in [1.165, 1.54) is 6.07 Å². The molecule has 0 aliphatic heterocycles. The van der Waals surface area contributed by atoms with E-state index in [0.717, 1.165) is 24.2 Å². The van der Waals surface area contributed by atoms with Crippen molar-refractivity contribution in [3.05, 3.63) is 17.5 Å². The molecule has 1 rings (SSSR count). The molecule has 7 heteroatoms. The summed E-state index contributed by atoms with van der Waals surface area (Å²) in [4.78, 5) is 9.76. The van der Waals surface area contributed by atoms with Crippen molar-refractivity contribution < 1.29 is 22.9 Å². The summed E-state index contributed by atoms with van der Waals surface area (Å²) in [5.41, 5.74) is 0. The molecule has 0 unspecified atom stereocenters. The molecule has 0 spiro atoms. The monoisotopic (exact) mass is 266 g/mol. The summed E-state index contributed by atoms with van der Waals surface area (Å²) in [6.07, 6.45) is 2.08. The van der Waals surface area contributed by atoms with E-state index in [9.17, 15) is 13.2 Å². The van der Waals surface area contributed by atoms with E-state index in [4.69, 9.17) is 9.66 Å². The third kappa shape index (κ3) is 7.38. The first-order valence-electron chi connectivity index (χ1n) is 4.60. The molecule has 1 heterocycles. The summed E-state index contributed by atoms with van der Waals surface area (Å²) in [6, 6.07) is 2.91. The summed E-state index contributed by atoms with van der Waals surface area (Å²) >= 11 is 0.992. The Balaban J connectivity index is 0.000000293.